The number of rotatable bonds is 4. The Morgan fingerprint density at radius 3 is 2.87 bits per heavy atom. The Morgan fingerprint density at radius 2 is 2.26 bits per heavy atom. The summed E-state index contributed by atoms with van der Waals surface area (Å²) in [4.78, 5) is 4.34. The van der Waals surface area contributed by atoms with Crippen LogP contribution in [0.2, 0.25) is 0 Å². The van der Waals surface area contributed by atoms with E-state index < -0.39 is 0 Å². The second kappa shape index (κ2) is 5.96. The van der Waals surface area contributed by atoms with Gasteiger partial charge in [-0.3, -0.25) is 10.1 Å². The average molecular weight is 330 g/mol. The summed E-state index contributed by atoms with van der Waals surface area (Å²) < 4.78 is 1.84. The molecule has 0 saturated carbocycles. The predicted molar refractivity (Wildman–Crippen MR) is 91.1 cm³/mol. The molecule has 2 aromatic heterocycles. The number of aliphatic hydroxyl groups excluding tert-OH is 1. The Bertz CT molecular complexity index is 816. The van der Waals surface area contributed by atoms with Gasteiger partial charge in [-0.15, -0.1) is 11.3 Å². The highest BCUT2D eigenvalue weighted by atomic mass is 32.1. The van der Waals surface area contributed by atoms with Gasteiger partial charge in [0.15, 0.2) is 5.84 Å². The molecule has 120 valence electrons. The minimum atomic E-state index is 0.127. The van der Waals surface area contributed by atoms with Crippen LogP contribution in [-0.2, 0) is 6.54 Å². The van der Waals surface area contributed by atoms with Crippen molar-refractivity contribution in [1.29, 1.82) is 5.41 Å². The van der Waals surface area contributed by atoms with Crippen LogP contribution in [0.3, 0.4) is 0 Å². The fourth-order valence-corrected chi connectivity index (χ4v) is 3.18. The first-order chi connectivity index (χ1) is 11.0. The van der Waals surface area contributed by atoms with Gasteiger partial charge >= 0.3 is 0 Å². The van der Waals surface area contributed by atoms with Crippen molar-refractivity contribution in [3.63, 3.8) is 0 Å². The standard InChI is InChI=1S/C15H18N6OS/c1-4-20-6-11(10(3)19-20)5-17-21-7-12(22)13(14(21)16)15-18-9(2)8-23-15/h5-6,8,16,22H,4,7H2,1-3H3. The Hall–Kier alpha value is -2.48. The largest absolute Gasteiger partial charge is 0.509 e. The van der Waals surface area contributed by atoms with Gasteiger partial charge in [-0.25, -0.2) is 9.99 Å². The van der Waals surface area contributed by atoms with Crippen molar-refractivity contribution in [2.24, 2.45) is 5.10 Å². The zero-order valence-electron chi connectivity index (χ0n) is 13.2. The van der Waals surface area contributed by atoms with Gasteiger partial charge in [-0.1, -0.05) is 0 Å². The van der Waals surface area contributed by atoms with Crippen molar-refractivity contribution >= 4 is 29.0 Å². The molecule has 3 heterocycles. The van der Waals surface area contributed by atoms with E-state index in [1.165, 1.54) is 16.3 Å². The number of amidine groups is 1. The summed E-state index contributed by atoms with van der Waals surface area (Å²) in [7, 11) is 0. The van der Waals surface area contributed by atoms with Gasteiger partial charge < -0.3 is 5.11 Å². The number of aromatic nitrogens is 3. The second-order valence-corrected chi connectivity index (χ2v) is 6.15. The molecule has 0 atom stereocenters. The van der Waals surface area contributed by atoms with E-state index in [1.807, 2.05) is 37.0 Å². The molecular formula is C15H18N6OS. The van der Waals surface area contributed by atoms with Gasteiger partial charge in [0, 0.05) is 29.4 Å². The van der Waals surface area contributed by atoms with E-state index in [0.717, 1.165) is 23.5 Å². The van der Waals surface area contributed by atoms with Crippen LogP contribution in [0.25, 0.3) is 5.57 Å². The molecule has 23 heavy (non-hydrogen) atoms. The smallest absolute Gasteiger partial charge is 0.155 e. The lowest BCUT2D eigenvalue weighted by Gasteiger charge is -2.10. The van der Waals surface area contributed by atoms with Gasteiger partial charge in [0.25, 0.3) is 0 Å². The van der Waals surface area contributed by atoms with Crippen LogP contribution in [-0.4, -0.2) is 43.5 Å². The van der Waals surface area contributed by atoms with Crippen molar-refractivity contribution < 1.29 is 5.11 Å². The van der Waals surface area contributed by atoms with E-state index in [-0.39, 0.29) is 18.1 Å². The van der Waals surface area contributed by atoms with Crippen LogP contribution in [0.5, 0.6) is 0 Å². The fourth-order valence-electron chi connectivity index (χ4n) is 2.31. The molecular weight excluding hydrogens is 312 g/mol. The molecule has 1 aliphatic heterocycles. The molecule has 2 aromatic rings. The molecule has 0 bridgehead atoms. The molecule has 3 rings (SSSR count). The first-order valence-electron chi connectivity index (χ1n) is 7.28. The number of aliphatic hydroxyl groups is 1. The Morgan fingerprint density at radius 1 is 1.48 bits per heavy atom. The van der Waals surface area contributed by atoms with E-state index >= 15 is 0 Å². The van der Waals surface area contributed by atoms with Crippen LogP contribution in [0, 0.1) is 19.3 Å². The first kappa shape index (κ1) is 15.4. The zero-order valence-corrected chi connectivity index (χ0v) is 14.1. The summed E-state index contributed by atoms with van der Waals surface area (Å²) in [6.07, 6.45) is 3.59. The maximum Gasteiger partial charge on any atom is 0.155 e. The minimum Gasteiger partial charge on any atom is -0.509 e. The van der Waals surface area contributed by atoms with Gasteiger partial charge in [0.2, 0.25) is 0 Å². The second-order valence-electron chi connectivity index (χ2n) is 5.29. The summed E-state index contributed by atoms with van der Waals surface area (Å²) >= 11 is 1.42. The lowest BCUT2D eigenvalue weighted by atomic mass is 10.2. The first-order valence-corrected chi connectivity index (χ1v) is 8.16. The predicted octanol–water partition coefficient (Wildman–Crippen LogP) is 2.57. The van der Waals surface area contributed by atoms with Crippen molar-refractivity contribution in [3.05, 3.63) is 39.3 Å². The number of hydrogen-bond donors (Lipinski definition) is 2. The maximum absolute atomic E-state index is 10.2. The quantitative estimate of drug-likeness (QED) is 0.843. The minimum absolute atomic E-state index is 0.127. The monoisotopic (exact) mass is 330 g/mol. The van der Waals surface area contributed by atoms with Gasteiger partial charge in [-0.2, -0.15) is 10.2 Å². The SMILES string of the molecule is CCn1cc(C=NN2CC(O)=C(c3nc(C)cs3)C2=N)c(C)n1. The molecule has 0 saturated heterocycles. The Kier molecular flexibility index (Phi) is 3.99. The fraction of sp³-hybridized carbons (Fsp3) is 0.333. The molecule has 1 aliphatic rings. The molecule has 7 nitrogen and oxygen atoms in total. The molecule has 0 amide bonds. The summed E-state index contributed by atoms with van der Waals surface area (Å²) in [6, 6.07) is 0. The summed E-state index contributed by atoms with van der Waals surface area (Å²) in [5.41, 5.74) is 3.12. The van der Waals surface area contributed by atoms with E-state index in [9.17, 15) is 5.11 Å². The zero-order chi connectivity index (χ0) is 16.6. The summed E-state index contributed by atoms with van der Waals surface area (Å²) in [5, 5.41) is 31.1. The highest BCUT2D eigenvalue weighted by molar-refractivity contribution is 7.11. The normalized spacial score (nSPS) is 15.4. The molecule has 0 spiro atoms. The average Bonchev–Trinajstić information content (AvgIpc) is 3.16. The Labute approximate surface area is 138 Å². The molecule has 2 N–H and O–H groups in total. The van der Waals surface area contributed by atoms with Crippen molar-refractivity contribution in [1.82, 2.24) is 19.8 Å². The molecule has 0 fully saturated rings. The van der Waals surface area contributed by atoms with Gasteiger partial charge in [0.1, 0.15) is 17.3 Å². The van der Waals surface area contributed by atoms with Crippen LogP contribution >= 0.6 is 11.3 Å². The third-order valence-corrected chi connectivity index (χ3v) is 4.54. The van der Waals surface area contributed by atoms with Crippen molar-refractivity contribution in [2.75, 3.05) is 6.54 Å². The number of hydrogen-bond acceptors (Lipinski definition) is 6. The van der Waals surface area contributed by atoms with Crippen LogP contribution in [0.4, 0.5) is 0 Å². The third-order valence-electron chi connectivity index (χ3n) is 3.56. The maximum atomic E-state index is 10.2. The van der Waals surface area contributed by atoms with E-state index in [1.54, 1.807) is 6.21 Å². The molecule has 0 unspecified atom stereocenters. The number of nitrogens with one attached hydrogen (secondary N) is 1. The van der Waals surface area contributed by atoms with E-state index in [4.69, 9.17) is 5.41 Å². The van der Waals surface area contributed by atoms with Crippen molar-refractivity contribution in [3.8, 4) is 0 Å². The van der Waals surface area contributed by atoms with Crippen LogP contribution < -0.4 is 0 Å². The highest BCUT2D eigenvalue weighted by Crippen LogP contribution is 2.29. The number of nitrogens with zero attached hydrogens (tertiary/aromatic N) is 5. The summed E-state index contributed by atoms with van der Waals surface area (Å²) in [5.74, 6) is 0.288. The summed E-state index contributed by atoms with van der Waals surface area (Å²) in [6.45, 7) is 6.81. The number of aryl methyl sites for hydroxylation is 3. The van der Waals surface area contributed by atoms with E-state index in [2.05, 4.69) is 15.2 Å². The lowest BCUT2D eigenvalue weighted by molar-refractivity contribution is 0.358. The van der Waals surface area contributed by atoms with Crippen LogP contribution in [0.15, 0.2) is 22.4 Å². The van der Waals surface area contributed by atoms with Gasteiger partial charge in [0.05, 0.1) is 17.5 Å². The topological polar surface area (TPSA) is 90.4 Å². The highest BCUT2D eigenvalue weighted by Gasteiger charge is 2.30. The van der Waals surface area contributed by atoms with E-state index in [0.29, 0.717) is 10.6 Å². The number of hydrazone groups is 1. The van der Waals surface area contributed by atoms with Crippen LogP contribution in [0.1, 0.15) is 28.9 Å². The van der Waals surface area contributed by atoms with Crippen molar-refractivity contribution in [2.45, 2.75) is 27.3 Å². The molecule has 0 aromatic carbocycles. The molecule has 0 aliphatic carbocycles. The molecule has 0 radical (unpaired) electrons. The van der Waals surface area contributed by atoms with Gasteiger partial charge in [-0.05, 0) is 20.8 Å². The third kappa shape index (κ3) is 2.89. The Balaban J connectivity index is 1.80. The lowest BCUT2D eigenvalue weighted by Crippen LogP contribution is -2.20. The molecule has 8 heteroatoms. The number of thiazole rings is 1.